The average Bonchev–Trinajstić information content (AvgIpc) is 1.89. The molecule has 3 N–H and O–H groups in total. The van der Waals surface area contributed by atoms with Gasteiger partial charge in [0, 0.05) is 13.1 Å². The Morgan fingerprint density at radius 2 is 2.33 bits per heavy atom. The molecule has 0 aliphatic carbocycles. The molecule has 54 valence electrons. The highest BCUT2D eigenvalue weighted by Gasteiger charge is 1.97. The average molecular weight is 131 g/mol. The van der Waals surface area contributed by atoms with E-state index >= 15 is 0 Å². The van der Waals surface area contributed by atoms with E-state index < -0.39 is 6.10 Å². The first kappa shape index (κ1) is 8.62. The number of aliphatic hydroxyl groups is 2. The zero-order valence-corrected chi connectivity index (χ0v) is 5.38. The van der Waals surface area contributed by atoms with Gasteiger partial charge in [0.25, 0.3) is 0 Å². The van der Waals surface area contributed by atoms with Crippen LogP contribution in [0.1, 0.15) is 0 Å². The van der Waals surface area contributed by atoms with E-state index in [2.05, 4.69) is 11.9 Å². The highest BCUT2D eigenvalue weighted by molar-refractivity contribution is 4.70. The summed E-state index contributed by atoms with van der Waals surface area (Å²) >= 11 is 0. The first-order valence-corrected chi connectivity index (χ1v) is 2.91. The fourth-order valence-electron chi connectivity index (χ4n) is 0.417. The highest BCUT2D eigenvalue weighted by atomic mass is 16.3. The normalized spacial score (nSPS) is 13.1. The lowest BCUT2D eigenvalue weighted by Crippen LogP contribution is -2.29. The molecular formula is C6H13NO2. The number of rotatable bonds is 5. The van der Waals surface area contributed by atoms with E-state index in [1.165, 1.54) is 0 Å². The molecule has 0 saturated carbocycles. The van der Waals surface area contributed by atoms with Crippen LogP contribution in [0.4, 0.5) is 0 Å². The van der Waals surface area contributed by atoms with E-state index in [0.717, 1.165) is 0 Å². The molecule has 0 rings (SSSR count). The summed E-state index contributed by atoms with van der Waals surface area (Å²) in [4.78, 5) is 0. The van der Waals surface area contributed by atoms with Crippen molar-refractivity contribution < 1.29 is 10.2 Å². The van der Waals surface area contributed by atoms with Gasteiger partial charge in [0.15, 0.2) is 0 Å². The maximum absolute atomic E-state index is 8.74. The van der Waals surface area contributed by atoms with E-state index in [1.54, 1.807) is 6.08 Å². The van der Waals surface area contributed by atoms with Crippen LogP contribution in [0, 0.1) is 0 Å². The molecule has 3 heteroatoms. The maximum Gasteiger partial charge on any atom is 0.0895 e. The van der Waals surface area contributed by atoms with Crippen LogP contribution >= 0.6 is 0 Å². The van der Waals surface area contributed by atoms with Gasteiger partial charge in [-0.15, -0.1) is 6.58 Å². The van der Waals surface area contributed by atoms with Gasteiger partial charge in [-0.1, -0.05) is 6.08 Å². The van der Waals surface area contributed by atoms with Crippen molar-refractivity contribution in [2.75, 3.05) is 19.7 Å². The maximum atomic E-state index is 8.74. The van der Waals surface area contributed by atoms with Gasteiger partial charge in [0.05, 0.1) is 12.7 Å². The van der Waals surface area contributed by atoms with Gasteiger partial charge in [-0.25, -0.2) is 0 Å². The fourth-order valence-corrected chi connectivity index (χ4v) is 0.417. The summed E-state index contributed by atoms with van der Waals surface area (Å²) in [6, 6.07) is 0. The minimum atomic E-state index is -0.648. The van der Waals surface area contributed by atoms with Crippen molar-refractivity contribution in [3.63, 3.8) is 0 Å². The van der Waals surface area contributed by atoms with E-state index in [-0.39, 0.29) is 6.61 Å². The van der Waals surface area contributed by atoms with E-state index in [4.69, 9.17) is 10.2 Å². The van der Waals surface area contributed by atoms with Gasteiger partial charge < -0.3 is 15.5 Å². The molecule has 1 unspecified atom stereocenters. The summed E-state index contributed by atoms with van der Waals surface area (Å²) in [5.74, 6) is 0. The zero-order valence-electron chi connectivity index (χ0n) is 5.38. The zero-order chi connectivity index (χ0) is 7.11. The highest BCUT2D eigenvalue weighted by Crippen LogP contribution is 1.74. The van der Waals surface area contributed by atoms with E-state index in [1.807, 2.05) is 0 Å². The summed E-state index contributed by atoms with van der Waals surface area (Å²) < 4.78 is 0. The van der Waals surface area contributed by atoms with Crippen molar-refractivity contribution >= 4 is 0 Å². The van der Waals surface area contributed by atoms with Crippen LogP contribution in [-0.4, -0.2) is 36.0 Å². The van der Waals surface area contributed by atoms with Crippen LogP contribution in [0.25, 0.3) is 0 Å². The monoisotopic (exact) mass is 131 g/mol. The van der Waals surface area contributed by atoms with Crippen molar-refractivity contribution in [1.82, 2.24) is 5.32 Å². The van der Waals surface area contributed by atoms with Crippen LogP contribution in [-0.2, 0) is 0 Å². The summed E-state index contributed by atoms with van der Waals surface area (Å²) in [6.45, 7) is 4.37. The molecule has 0 bridgehead atoms. The number of hydrogen-bond acceptors (Lipinski definition) is 3. The largest absolute Gasteiger partial charge is 0.394 e. The molecule has 0 aromatic carbocycles. The summed E-state index contributed by atoms with van der Waals surface area (Å²) in [5, 5.41) is 19.9. The van der Waals surface area contributed by atoms with Crippen LogP contribution in [0.2, 0.25) is 0 Å². The van der Waals surface area contributed by atoms with Gasteiger partial charge >= 0.3 is 0 Å². The molecule has 0 heterocycles. The lowest BCUT2D eigenvalue weighted by Gasteiger charge is -2.05. The third kappa shape index (κ3) is 5.49. The third-order valence-electron chi connectivity index (χ3n) is 0.879. The van der Waals surface area contributed by atoms with Crippen molar-refractivity contribution in [3.05, 3.63) is 12.7 Å². The summed E-state index contributed by atoms with van der Waals surface area (Å²) in [7, 11) is 0. The molecule has 0 aliphatic rings. The number of aliphatic hydroxyl groups excluding tert-OH is 2. The van der Waals surface area contributed by atoms with E-state index in [9.17, 15) is 0 Å². The Morgan fingerprint density at radius 3 is 2.78 bits per heavy atom. The first-order valence-electron chi connectivity index (χ1n) is 2.91. The minimum Gasteiger partial charge on any atom is -0.394 e. The van der Waals surface area contributed by atoms with Crippen molar-refractivity contribution in [2.45, 2.75) is 6.10 Å². The second-order valence-corrected chi connectivity index (χ2v) is 1.78. The van der Waals surface area contributed by atoms with Crippen LogP contribution in [0.5, 0.6) is 0 Å². The van der Waals surface area contributed by atoms with Crippen LogP contribution < -0.4 is 5.32 Å². The number of nitrogens with one attached hydrogen (secondary N) is 1. The Kier molecular flexibility index (Phi) is 5.51. The van der Waals surface area contributed by atoms with Crippen molar-refractivity contribution in [2.24, 2.45) is 0 Å². The molecular weight excluding hydrogens is 118 g/mol. The van der Waals surface area contributed by atoms with Crippen molar-refractivity contribution in [3.8, 4) is 0 Å². The minimum absolute atomic E-state index is 0.190. The molecule has 3 nitrogen and oxygen atoms in total. The Labute approximate surface area is 55.0 Å². The second-order valence-electron chi connectivity index (χ2n) is 1.78. The molecule has 9 heavy (non-hydrogen) atoms. The molecule has 0 spiro atoms. The van der Waals surface area contributed by atoms with Gasteiger partial charge in [-0.05, 0) is 0 Å². The van der Waals surface area contributed by atoms with Crippen LogP contribution in [0.3, 0.4) is 0 Å². The molecule has 0 aromatic rings. The Morgan fingerprint density at radius 1 is 1.67 bits per heavy atom. The van der Waals surface area contributed by atoms with Gasteiger partial charge in [-0.3, -0.25) is 0 Å². The van der Waals surface area contributed by atoms with Gasteiger partial charge in [-0.2, -0.15) is 0 Å². The third-order valence-corrected chi connectivity index (χ3v) is 0.879. The predicted molar refractivity (Wildman–Crippen MR) is 36.2 cm³/mol. The van der Waals surface area contributed by atoms with E-state index in [0.29, 0.717) is 13.1 Å². The fraction of sp³-hybridized carbons (Fsp3) is 0.667. The molecule has 0 radical (unpaired) electrons. The Balaban J connectivity index is 2.96. The number of hydrogen-bond donors (Lipinski definition) is 3. The standard InChI is InChI=1S/C6H13NO2/c1-2-3-7-4-6(9)5-8/h2,6-9H,1,3-5H2. The topological polar surface area (TPSA) is 52.5 Å². The lowest BCUT2D eigenvalue weighted by atomic mass is 10.4. The quantitative estimate of drug-likeness (QED) is 0.335. The summed E-state index contributed by atoms with van der Waals surface area (Å²) in [5.41, 5.74) is 0. The Hall–Kier alpha value is -0.380. The molecule has 0 amide bonds. The molecule has 0 aromatic heterocycles. The first-order chi connectivity index (χ1) is 4.31. The SMILES string of the molecule is C=CCNCC(O)CO. The predicted octanol–water partition coefficient (Wildman–Crippen LogP) is -0.885. The molecule has 0 saturated heterocycles. The molecule has 1 atom stereocenters. The smallest absolute Gasteiger partial charge is 0.0895 e. The van der Waals surface area contributed by atoms with Crippen molar-refractivity contribution in [1.29, 1.82) is 0 Å². The molecule has 0 fully saturated rings. The van der Waals surface area contributed by atoms with Crippen LogP contribution in [0.15, 0.2) is 12.7 Å². The lowest BCUT2D eigenvalue weighted by molar-refractivity contribution is 0.0953. The Bertz CT molecular complexity index is 75.5. The summed E-state index contributed by atoms with van der Waals surface area (Å²) in [6.07, 6.45) is 1.05. The second kappa shape index (κ2) is 5.75. The van der Waals surface area contributed by atoms with Gasteiger partial charge in [0.2, 0.25) is 0 Å². The van der Waals surface area contributed by atoms with Gasteiger partial charge in [0.1, 0.15) is 0 Å². The molecule has 0 aliphatic heterocycles.